The highest BCUT2D eigenvalue weighted by Crippen LogP contribution is 2.71. The van der Waals surface area contributed by atoms with Crippen LogP contribution in [-0.2, 0) is 30.4 Å². The Balaban J connectivity index is 0.000000123. The maximum absolute atomic E-state index is 13.3. The summed E-state index contributed by atoms with van der Waals surface area (Å²) in [4.78, 5) is 61.8. The van der Waals surface area contributed by atoms with Gasteiger partial charge in [0.1, 0.15) is 35.8 Å². The van der Waals surface area contributed by atoms with E-state index in [-0.39, 0.29) is 80.9 Å². The second-order valence-electron chi connectivity index (χ2n) is 28.3. The van der Waals surface area contributed by atoms with Crippen LogP contribution in [-0.4, -0.2) is 101 Å². The first-order valence-electron chi connectivity index (χ1n) is 29.5. The highest BCUT2D eigenvalue weighted by molar-refractivity contribution is 5.95. The molecule has 9 saturated carbocycles. The molecule has 1 aromatic rings. The molecule has 418 valence electrons. The zero-order valence-electron chi connectivity index (χ0n) is 46.5. The van der Waals surface area contributed by atoms with Crippen molar-refractivity contribution in [2.45, 2.75) is 199 Å². The minimum Gasteiger partial charge on any atom is -0.393 e. The number of allylic oxidation sites excluding steroid dienone is 3. The predicted molar refractivity (Wildman–Crippen MR) is 286 cm³/mol. The summed E-state index contributed by atoms with van der Waals surface area (Å²) in [5, 5.41) is 67.3. The molecule has 13 heteroatoms. The molecule has 0 aromatic carbocycles. The van der Waals surface area contributed by atoms with Gasteiger partial charge >= 0.3 is 0 Å². The molecule has 13 rings (SSSR count). The van der Waals surface area contributed by atoms with E-state index < -0.39 is 58.5 Å². The summed E-state index contributed by atoms with van der Waals surface area (Å²) in [6.45, 7) is 11.5. The van der Waals surface area contributed by atoms with E-state index in [1.807, 2.05) is 20.0 Å². The van der Waals surface area contributed by atoms with Crippen molar-refractivity contribution in [3.05, 3.63) is 46.4 Å². The molecule has 19 atom stereocenters. The van der Waals surface area contributed by atoms with E-state index >= 15 is 0 Å². The molecule has 0 spiro atoms. The summed E-state index contributed by atoms with van der Waals surface area (Å²) in [7, 11) is 0. The van der Waals surface area contributed by atoms with Gasteiger partial charge in [-0.25, -0.2) is 0 Å². The van der Waals surface area contributed by atoms with Crippen LogP contribution in [0.15, 0.2) is 39.6 Å². The second kappa shape index (κ2) is 18.6. The minimum absolute atomic E-state index is 0.0697. The van der Waals surface area contributed by atoms with Gasteiger partial charge in [0.25, 0.3) is 0 Å². The number of nitrogens with zero attached hydrogens (tertiary/aromatic N) is 1. The van der Waals surface area contributed by atoms with Gasteiger partial charge in [-0.15, -0.1) is 6.42 Å². The number of aliphatic hydroxyl groups is 6. The lowest BCUT2D eigenvalue weighted by Gasteiger charge is -2.60. The summed E-state index contributed by atoms with van der Waals surface area (Å²) in [5.74, 6) is 5.60. The molecule has 0 unspecified atom stereocenters. The van der Waals surface area contributed by atoms with E-state index in [0.717, 1.165) is 88.4 Å². The first-order chi connectivity index (χ1) is 36.3. The summed E-state index contributed by atoms with van der Waals surface area (Å²) in [5.41, 5.74) is -0.795. The molecule has 9 fully saturated rings. The molecule has 0 saturated heterocycles. The number of carbonyl (C=O) groups is 5. The average Bonchev–Trinajstić information content (AvgIpc) is 4.36. The predicted octanol–water partition coefficient (Wildman–Crippen LogP) is 7.99. The van der Waals surface area contributed by atoms with Crippen LogP contribution in [0.1, 0.15) is 181 Å². The summed E-state index contributed by atoms with van der Waals surface area (Å²) in [6.07, 6.45) is 28.9. The van der Waals surface area contributed by atoms with Crippen molar-refractivity contribution >= 4 is 35.0 Å². The molecule has 1 aromatic heterocycles. The van der Waals surface area contributed by atoms with Crippen LogP contribution in [0, 0.1) is 98.1 Å². The molecule has 0 bridgehead atoms. The third-order valence-electron chi connectivity index (χ3n) is 25.7. The lowest BCUT2D eigenvalue weighted by molar-refractivity contribution is -0.182. The molecular formula is C64H85NO12. The number of hydrogen-bond acceptors (Lipinski definition) is 13. The maximum atomic E-state index is 13.3. The third-order valence-corrected chi connectivity index (χ3v) is 25.7. The number of terminal acetylenes is 1. The van der Waals surface area contributed by atoms with E-state index in [4.69, 9.17) is 10.9 Å². The molecule has 77 heavy (non-hydrogen) atoms. The third kappa shape index (κ3) is 7.59. The number of carbonyl (C=O) groups excluding carboxylic acids is 5. The van der Waals surface area contributed by atoms with Crippen LogP contribution in [0.2, 0.25) is 0 Å². The van der Waals surface area contributed by atoms with E-state index in [1.165, 1.54) is 17.6 Å². The lowest BCUT2D eigenvalue weighted by atomic mass is 9.45. The van der Waals surface area contributed by atoms with Crippen LogP contribution in [0.3, 0.4) is 0 Å². The molecule has 12 aliphatic rings. The van der Waals surface area contributed by atoms with Gasteiger partial charge in [0.2, 0.25) is 0 Å². The Morgan fingerprint density at radius 2 is 1.13 bits per heavy atom. The van der Waals surface area contributed by atoms with Gasteiger partial charge in [0.15, 0.2) is 28.9 Å². The summed E-state index contributed by atoms with van der Waals surface area (Å²) >= 11 is 0. The molecule has 0 aliphatic heterocycles. The lowest BCUT2D eigenvalue weighted by Crippen LogP contribution is -2.62. The number of rotatable bonds is 4. The Labute approximate surface area is 454 Å². The topological polar surface area (TPSA) is 233 Å². The Morgan fingerprint density at radius 1 is 0.610 bits per heavy atom. The second-order valence-corrected chi connectivity index (χ2v) is 28.3. The van der Waals surface area contributed by atoms with Crippen LogP contribution >= 0.6 is 0 Å². The van der Waals surface area contributed by atoms with Crippen LogP contribution in [0.4, 0.5) is 0 Å². The van der Waals surface area contributed by atoms with Gasteiger partial charge < -0.3 is 35.2 Å². The Bertz CT molecular complexity index is 2800. The quantitative estimate of drug-likeness (QED) is 0.157. The zero-order chi connectivity index (χ0) is 55.3. The van der Waals surface area contributed by atoms with Crippen molar-refractivity contribution in [3.63, 3.8) is 0 Å². The van der Waals surface area contributed by atoms with E-state index in [1.54, 1.807) is 17.7 Å². The Hall–Kier alpha value is -3.90. The van der Waals surface area contributed by atoms with Crippen LogP contribution in [0.5, 0.6) is 0 Å². The molecular weight excluding hydrogens is 975 g/mol. The Morgan fingerprint density at radius 3 is 1.75 bits per heavy atom. The number of hydrogen-bond donors (Lipinski definition) is 6. The van der Waals surface area contributed by atoms with E-state index in [2.05, 4.69) is 44.8 Å². The molecule has 0 amide bonds. The number of aliphatic hydroxyl groups excluding tert-OH is 3. The fraction of sp³-hybridized carbons (Fsp3) is 0.750. The first-order valence-corrected chi connectivity index (χ1v) is 29.5. The molecule has 12 aliphatic carbocycles. The van der Waals surface area contributed by atoms with Crippen molar-refractivity contribution in [2.75, 3.05) is 13.2 Å². The molecule has 6 N–H and O–H groups in total. The monoisotopic (exact) mass is 1060 g/mol. The van der Waals surface area contributed by atoms with E-state index in [9.17, 15) is 54.6 Å². The van der Waals surface area contributed by atoms with Gasteiger partial charge in [-0.05, 0) is 197 Å². The number of ketones is 5. The average molecular weight is 1060 g/mol. The first kappa shape index (κ1) is 55.0. The summed E-state index contributed by atoms with van der Waals surface area (Å²) in [6, 6.07) is 0. The normalized spacial score (nSPS) is 48.7. The fourth-order valence-electron chi connectivity index (χ4n) is 21.4. The standard InChI is InChI=1S/C22H27NO2.C21H30O5.C21H28O5/c1-4-22(24)10-8-18-16-6-5-15-11-19-14(13-23-25-19)12-20(15,2)17(16)7-9-21(18,22)3;2*1-19-7-5-13(23)9-12(19)3-4-14-15-6-8-21(26,17(25)11-22)20(15,2)10-16(24)18(14)19/h1,11,13,16-18,24H,5-10,12H2,2-3H3;9,14-16,18,22,24,26H,3-8,10-11H2,1-2H3;9,14-15,18,22,26H,3-8,10-11H2,1-2H3/t16-,17+,18+,20+,21+,22+;14-,15-,16-,18+,19-,20-,21-;14-,15-,18+,19-,20-,21-/m100/s1. The fourth-order valence-corrected chi connectivity index (χ4v) is 21.4. The van der Waals surface area contributed by atoms with Gasteiger partial charge in [0, 0.05) is 47.0 Å². The van der Waals surface area contributed by atoms with Crippen molar-refractivity contribution in [1.82, 2.24) is 5.16 Å². The molecule has 1 heterocycles. The number of fused-ring (bicyclic) bond motifs is 16. The number of Topliss-reactive ketones (excluding diaryl/α,β-unsaturated/α-hetero) is 3. The minimum atomic E-state index is -1.60. The van der Waals surface area contributed by atoms with Crippen molar-refractivity contribution in [1.29, 1.82) is 0 Å². The zero-order valence-corrected chi connectivity index (χ0v) is 46.5. The maximum Gasteiger partial charge on any atom is 0.190 e. The molecule has 0 radical (unpaired) electrons. The van der Waals surface area contributed by atoms with E-state index in [0.29, 0.717) is 62.7 Å². The van der Waals surface area contributed by atoms with Crippen LogP contribution < -0.4 is 0 Å². The van der Waals surface area contributed by atoms with Crippen molar-refractivity contribution < 1.29 is 59.1 Å². The number of aromatic nitrogens is 1. The van der Waals surface area contributed by atoms with Crippen molar-refractivity contribution in [2.24, 2.45) is 85.8 Å². The largest absolute Gasteiger partial charge is 0.393 e. The highest BCUT2D eigenvalue weighted by Gasteiger charge is 2.70. The highest BCUT2D eigenvalue weighted by atomic mass is 16.5. The molecule has 13 nitrogen and oxygen atoms in total. The Kier molecular flexibility index (Phi) is 13.3. The van der Waals surface area contributed by atoms with Gasteiger partial charge in [-0.2, -0.15) is 0 Å². The van der Waals surface area contributed by atoms with Gasteiger partial charge in [-0.1, -0.05) is 69.3 Å². The van der Waals surface area contributed by atoms with Crippen molar-refractivity contribution in [3.8, 4) is 12.3 Å². The van der Waals surface area contributed by atoms with Crippen LogP contribution in [0.25, 0.3) is 6.08 Å². The van der Waals surface area contributed by atoms with Gasteiger partial charge in [-0.3, -0.25) is 24.0 Å². The smallest absolute Gasteiger partial charge is 0.190 e. The summed E-state index contributed by atoms with van der Waals surface area (Å²) < 4.78 is 5.43. The SMILES string of the molecule is C#C[C@]1(O)CC[C@H]2[C@@H]3CCC4=Cc5oncc5C[C@]4(C)[C@H]3CC[C@@]21C.C[C@]12CCC(=O)C=C1CC[C@@H]1[C@@H]2C(=O)C[C@@]2(C)[C@H]1CC[C@]2(O)C(=O)CO.C[C@]12CCC(=O)C=C1CC[C@@H]1[C@@H]2[C@@H](O)C[C@@]2(C)[C@H]1CC[C@]2(O)C(=O)CO. The van der Waals surface area contributed by atoms with Gasteiger partial charge in [0.05, 0.1) is 12.3 Å².